The van der Waals surface area contributed by atoms with Crippen LogP contribution in [0.15, 0.2) is 41.5 Å². The van der Waals surface area contributed by atoms with Gasteiger partial charge in [-0.05, 0) is 37.5 Å². The lowest BCUT2D eigenvalue weighted by atomic mass is 9.89. The van der Waals surface area contributed by atoms with E-state index < -0.39 is 0 Å². The Morgan fingerprint density at radius 1 is 1.33 bits per heavy atom. The van der Waals surface area contributed by atoms with Crippen LogP contribution in [0.1, 0.15) is 25.3 Å². The van der Waals surface area contributed by atoms with Gasteiger partial charge in [0, 0.05) is 23.9 Å². The van der Waals surface area contributed by atoms with Crippen LogP contribution in [0.2, 0.25) is 0 Å². The van der Waals surface area contributed by atoms with Crippen molar-refractivity contribution in [1.29, 1.82) is 0 Å². The summed E-state index contributed by atoms with van der Waals surface area (Å²) in [5.41, 5.74) is 8.28. The van der Waals surface area contributed by atoms with E-state index in [-0.39, 0.29) is 17.1 Å². The molecule has 0 aliphatic heterocycles. The molecule has 0 saturated heterocycles. The van der Waals surface area contributed by atoms with Crippen LogP contribution < -0.4 is 11.4 Å². The summed E-state index contributed by atoms with van der Waals surface area (Å²) in [6.45, 7) is 2.07. The van der Waals surface area contributed by atoms with Crippen molar-refractivity contribution in [1.82, 2.24) is 9.55 Å². The molecule has 1 atom stereocenters. The maximum absolute atomic E-state index is 11.5. The van der Waals surface area contributed by atoms with E-state index in [0.29, 0.717) is 0 Å². The number of aromatic nitrogens is 2. The fourth-order valence-electron chi connectivity index (χ4n) is 2.62. The van der Waals surface area contributed by atoms with Gasteiger partial charge in [-0.25, -0.2) is 4.79 Å². The molecule has 0 bridgehead atoms. The molecule has 1 fully saturated rings. The Labute approximate surface area is 105 Å². The fourth-order valence-corrected chi connectivity index (χ4v) is 2.62. The van der Waals surface area contributed by atoms with Crippen LogP contribution in [-0.4, -0.2) is 15.6 Å². The molecule has 2 aromatic rings. The van der Waals surface area contributed by atoms with Gasteiger partial charge in [0.1, 0.15) is 0 Å². The van der Waals surface area contributed by atoms with Crippen molar-refractivity contribution in [3.8, 4) is 5.69 Å². The van der Waals surface area contributed by atoms with Gasteiger partial charge < -0.3 is 10.7 Å². The fraction of sp³-hybridized carbons (Fsp3) is 0.357. The number of hydrogen-bond donors (Lipinski definition) is 2. The van der Waals surface area contributed by atoms with E-state index in [9.17, 15) is 4.79 Å². The molecular formula is C14H17N3O. The van der Waals surface area contributed by atoms with Crippen molar-refractivity contribution < 1.29 is 0 Å². The molecule has 4 nitrogen and oxygen atoms in total. The number of hydrogen-bond acceptors (Lipinski definition) is 2. The van der Waals surface area contributed by atoms with Gasteiger partial charge in [0.15, 0.2) is 0 Å². The van der Waals surface area contributed by atoms with E-state index in [1.807, 2.05) is 12.1 Å². The number of benzene rings is 1. The third kappa shape index (κ3) is 1.61. The number of nitrogens with zero attached hydrogens (tertiary/aromatic N) is 1. The predicted molar refractivity (Wildman–Crippen MR) is 71.0 cm³/mol. The van der Waals surface area contributed by atoms with Gasteiger partial charge in [0.05, 0.1) is 5.69 Å². The first kappa shape index (κ1) is 11.3. The number of rotatable bonds is 3. The number of aromatic amines is 1. The highest BCUT2D eigenvalue weighted by molar-refractivity contribution is 5.41. The van der Waals surface area contributed by atoms with E-state index >= 15 is 0 Å². The smallest absolute Gasteiger partial charge is 0.327 e. The molecule has 1 aliphatic carbocycles. The Kier molecular flexibility index (Phi) is 2.41. The van der Waals surface area contributed by atoms with Gasteiger partial charge >= 0.3 is 5.69 Å². The van der Waals surface area contributed by atoms with E-state index in [0.717, 1.165) is 18.5 Å². The van der Waals surface area contributed by atoms with Crippen LogP contribution in [0.3, 0.4) is 0 Å². The highest BCUT2D eigenvalue weighted by Crippen LogP contribution is 2.50. The molecule has 1 saturated carbocycles. The van der Waals surface area contributed by atoms with Crippen LogP contribution in [0, 0.1) is 0 Å². The van der Waals surface area contributed by atoms with Gasteiger partial charge in [-0.1, -0.05) is 12.1 Å². The Balaban J connectivity index is 1.95. The quantitative estimate of drug-likeness (QED) is 0.859. The van der Waals surface area contributed by atoms with Gasteiger partial charge in [0.2, 0.25) is 0 Å². The van der Waals surface area contributed by atoms with Crippen molar-refractivity contribution in [2.75, 3.05) is 0 Å². The highest BCUT2D eigenvalue weighted by Gasteiger charge is 2.47. The second kappa shape index (κ2) is 3.85. The molecule has 3 rings (SSSR count). The third-order valence-corrected chi connectivity index (χ3v) is 4.03. The molecule has 18 heavy (non-hydrogen) atoms. The lowest BCUT2D eigenvalue weighted by Gasteiger charge is -2.20. The monoisotopic (exact) mass is 243 g/mol. The minimum atomic E-state index is -0.115. The second-order valence-electron chi connectivity index (χ2n) is 5.13. The lowest BCUT2D eigenvalue weighted by Crippen LogP contribution is -2.31. The summed E-state index contributed by atoms with van der Waals surface area (Å²) in [5, 5.41) is 0. The van der Waals surface area contributed by atoms with Gasteiger partial charge in [-0.3, -0.25) is 4.57 Å². The average molecular weight is 243 g/mol. The van der Waals surface area contributed by atoms with E-state index in [4.69, 9.17) is 5.73 Å². The molecule has 0 amide bonds. The average Bonchev–Trinajstić information content (AvgIpc) is 3.08. The minimum Gasteiger partial charge on any atom is -0.327 e. The highest BCUT2D eigenvalue weighted by atomic mass is 16.1. The first-order valence-electron chi connectivity index (χ1n) is 6.26. The number of H-pyrrole nitrogens is 1. The van der Waals surface area contributed by atoms with E-state index in [1.54, 1.807) is 17.0 Å². The molecular weight excluding hydrogens is 226 g/mol. The van der Waals surface area contributed by atoms with Crippen molar-refractivity contribution in [3.63, 3.8) is 0 Å². The van der Waals surface area contributed by atoms with Crippen LogP contribution >= 0.6 is 0 Å². The summed E-state index contributed by atoms with van der Waals surface area (Å²) in [5.74, 6) is 0. The van der Waals surface area contributed by atoms with Crippen molar-refractivity contribution >= 4 is 0 Å². The Morgan fingerprint density at radius 2 is 2.00 bits per heavy atom. The van der Waals surface area contributed by atoms with Crippen molar-refractivity contribution in [2.45, 2.75) is 31.2 Å². The predicted octanol–water partition coefficient (Wildman–Crippen LogP) is 1.54. The SMILES string of the molecule is CC(N)C1(c2ccc(-n3cc[nH]c3=O)cc2)CC1. The second-order valence-corrected chi connectivity index (χ2v) is 5.13. The first-order chi connectivity index (χ1) is 8.63. The van der Waals surface area contributed by atoms with E-state index in [2.05, 4.69) is 24.0 Å². The Bertz CT molecular complexity index is 602. The summed E-state index contributed by atoms with van der Waals surface area (Å²) >= 11 is 0. The first-order valence-corrected chi connectivity index (χ1v) is 6.26. The summed E-state index contributed by atoms with van der Waals surface area (Å²) in [4.78, 5) is 14.1. The molecule has 1 aromatic heterocycles. The summed E-state index contributed by atoms with van der Waals surface area (Å²) in [7, 11) is 0. The lowest BCUT2D eigenvalue weighted by molar-refractivity contribution is 0.556. The van der Waals surface area contributed by atoms with Crippen LogP contribution in [0.5, 0.6) is 0 Å². The zero-order valence-electron chi connectivity index (χ0n) is 10.4. The molecule has 0 spiro atoms. The van der Waals surface area contributed by atoms with E-state index in [1.165, 1.54) is 5.56 Å². The Hall–Kier alpha value is -1.81. The van der Waals surface area contributed by atoms with Gasteiger partial charge in [-0.2, -0.15) is 0 Å². The molecule has 4 heteroatoms. The molecule has 0 radical (unpaired) electrons. The molecule has 1 aliphatic rings. The van der Waals surface area contributed by atoms with Crippen molar-refractivity contribution in [3.05, 3.63) is 52.7 Å². The molecule has 1 aromatic carbocycles. The molecule has 3 N–H and O–H groups in total. The maximum atomic E-state index is 11.5. The minimum absolute atomic E-state index is 0.115. The summed E-state index contributed by atoms with van der Waals surface area (Å²) in [6.07, 6.45) is 5.69. The largest absolute Gasteiger partial charge is 0.330 e. The van der Waals surface area contributed by atoms with Crippen LogP contribution in [0.4, 0.5) is 0 Å². The topological polar surface area (TPSA) is 63.8 Å². The van der Waals surface area contributed by atoms with Crippen molar-refractivity contribution in [2.24, 2.45) is 5.73 Å². The molecule has 94 valence electrons. The molecule has 1 heterocycles. The third-order valence-electron chi connectivity index (χ3n) is 4.03. The summed E-state index contributed by atoms with van der Waals surface area (Å²) < 4.78 is 1.59. The molecule has 1 unspecified atom stereocenters. The summed E-state index contributed by atoms with van der Waals surface area (Å²) in [6, 6.07) is 8.31. The Morgan fingerprint density at radius 3 is 2.44 bits per heavy atom. The standard InChI is InChI=1S/C14H17N3O/c1-10(15)14(6-7-14)11-2-4-12(5-3-11)17-9-8-16-13(17)18/h2-5,8-10H,6-7,15H2,1H3,(H,16,18). The zero-order chi connectivity index (χ0) is 12.8. The maximum Gasteiger partial charge on any atom is 0.330 e. The zero-order valence-corrected chi connectivity index (χ0v) is 10.4. The number of nitrogens with two attached hydrogens (primary N) is 1. The van der Waals surface area contributed by atoms with Gasteiger partial charge in [-0.15, -0.1) is 0 Å². The normalized spacial score (nSPS) is 18.6. The van der Waals surface area contributed by atoms with Crippen LogP contribution in [-0.2, 0) is 5.41 Å². The number of nitrogens with one attached hydrogen (secondary N) is 1. The van der Waals surface area contributed by atoms with Gasteiger partial charge in [0.25, 0.3) is 0 Å². The number of imidazole rings is 1. The van der Waals surface area contributed by atoms with Crippen LogP contribution in [0.25, 0.3) is 5.69 Å².